The van der Waals surface area contributed by atoms with Gasteiger partial charge in [0.2, 0.25) is 15.9 Å². The van der Waals surface area contributed by atoms with Crippen molar-refractivity contribution in [3.05, 3.63) is 29.8 Å². The molecule has 0 unspecified atom stereocenters. The number of carbonyl (C=O) groups excluding carboxylic acids is 3. The Hall–Kier alpha value is -2.60. The normalized spacial score (nSPS) is 10.9. The van der Waals surface area contributed by atoms with Crippen LogP contribution in [0, 0.1) is 11.6 Å². The molecule has 144 valence electrons. The molecular weight excluding hydrogens is 376 g/mol. The number of halogens is 2. The SMILES string of the molecule is CNC(=O)CN(C)C(=O)COC(=O)CNS(=O)(=O)c1c(F)cccc1F. The van der Waals surface area contributed by atoms with Gasteiger partial charge in [0, 0.05) is 14.1 Å². The zero-order valence-electron chi connectivity index (χ0n) is 13.9. The standard InChI is InChI=1S/C14H17F2N3O6S/c1-17-11(20)7-19(2)12(21)8-25-13(22)6-18-26(23,24)14-9(15)4-3-5-10(14)16/h3-5,18H,6-8H2,1-2H3,(H,17,20). The maximum absolute atomic E-state index is 13.5. The van der Waals surface area contributed by atoms with E-state index in [9.17, 15) is 31.6 Å². The van der Waals surface area contributed by atoms with E-state index in [-0.39, 0.29) is 6.54 Å². The largest absolute Gasteiger partial charge is 0.455 e. The second kappa shape index (κ2) is 9.20. The molecular formula is C14H17F2N3O6S. The first-order valence-electron chi connectivity index (χ1n) is 7.12. The Kier molecular flexibility index (Phi) is 7.58. The molecule has 0 saturated heterocycles. The highest BCUT2D eigenvalue weighted by Crippen LogP contribution is 2.17. The molecule has 0 atom stereocenters. The number of rotatable bonds is 8. The number of hydrogen-bond acceptors (Lipinski definition) is 6. The van der Waals surface area contributed by atoms with Gasteiger partial charge in [0.1, 0.15) is 18.2 Å². The summed E-state index contributed by atoms with van der Waals surface area (Å²) >= 11 is 0. The van der Waals surface area contributed by atoms with E-state index in [4.69, 9.17) is 0 Å². The molecule has 12 heteroatoms. The van der Waals surface area contributed by atoms with E-state index in [2.05, 4.69) is 10.1 Å². The molecule has 0 saturated carbocycles. The summed E-state index contributed by atoms with van der Waals surface area (Å²) in [7, 11) is -1.96. The Labute approximate surface area is 148 Å². The number of carbonyl (C=O) groups is 3. The lowest BCUT2D eigenvalue weighted by molar-refractivity contribution is -0.151. The fourth-order valence-corrected chi connectivity index (χ4v) is 2.75. The molecule has 1 rings (SSSR count). The third-order valence-corrected chi connectivity index (χ3v) is 4.49. The molecule has 1 aromatic rings. The van der Waals surface area contributed by atoms with Crippen molar-refractivity contribution in [1.29, 1.82) is 0 Å². The van der Waals surface area contributed by atoms with E-state index in [0.717, 1.165) is 23.1 Å². The number of nitrogens with one attached hydrogen (secondary N) is 2. The molecule has 2 amide bonds. The van der Waals surface area contributed by atoms with Crippen LogP contribution < -0.4 is 10.0 Å². The summed E-state index contributed by atoms with van der Waals surface area (Å²) in [5.74, 6) is -4.93. The molecule has 1 aromatic carbocycles. The van der Waals surface area contributed by atoms with Crippen molar-refractivity contribution < 1.29 is 36.3 Å². The molecule has 0 aliphatic heterocycles. The van der Waals surface area contributed by atoms with Gasteiger partial charge in [-0.15, -0.1) is 0 Å². The number of hydrogen-bond donors (Lipinski definition) is 2. The minimum absolute atomic E-state index is 0.258. The summed E-state index contributed by atoms with van der Waals surface area (Å²) in [6.45, 7) is -1.93. The molecule has 9 nitrogen and oxygen atoms in total. The molecule has 0 spiro atoms. The summed E-state index contributed by atoms with van der Waals surface area (Å²) < 4.78 is 56.9. The Morgan fingerprint density at radius 2 is 1.77 bits per heavy atom. The van der Waals surface area contributed by atoms with Crippen LogP contribution in [0.4, 0.5) is 8.78 Å². The fraction of sp³-hybridized carbons (Fsp3) is 0.357. The number of amides is 2. The maximum Gasteiger partial charge on any atom is 0.321 e. The van der Waals surface area contributed by atoms with Crippen LogP contribution in [0.25, 0.3) is 0 Å². The average molecular weight is 393 g/mol. The smallest absolute Gasteiger partial charge is 0.321 e. The topological polar surface area (TPSA) is 122 Å². The van der Waals surface area contributed by atoms with Crippen LogP contribution in [-0.4, -0.2) is 64.9 Å². The summed E-state index contributed by atoms with van der Waals surface area (Å²) in [6, 6.07) is 2.48. The first kappa shape index (κ1) is 21.4. The van der Waals surface area contributed by atoms with Crippen molar-refractivity contribution in [3.63, 3.8) is 0 Å². The van der Waals surface area contributed by atoms with E-state index in [1.165, 1.54) is 14.1 Å². The number of nitrogens with zero attached hydrogens (tertiary/aromatic N) is 1. The fourth-order valence-electron chi connectivity index (χ4n) is 1.65. The van der Waals surface area contributed by atoms with Crippen LogP contribution in [0.15, 0.2) is 23.1 Å². The highest BCUT2D eigenvalue weighted by atomic mass is 32.2. The Balaban J connectivity index is 2.56. The van der Waals surface area contributed by atoms with Crippen LogP contribution >= 0.6 is 0 Å². The minimum atomic E-state index is -4.64. The number of ether oxygens (including phenoxy) is 1. The van der Waals surface area contributed by atoms with Gasteiger partial charge in [-0.25, -0.2) is 17.2 Å². The molecule has 26 heavy (non-hydrogen) atoms. The van der Waals surface area contributed by atoms with Gasteiger partial charge in [0.25, 0.3) is 5.91 Å². The van der Waals surface area contributed by atoms with Gasteiger partial charge in [-0.05, 0) is 12.1 Å². The molecule has 0 heterocycles. The number of sulfonamides is 1. The van der Waals surface area contributed by atoms with E-state index >= 15 is 0 Å². The number of likely N-dealkylation sites (N-methyl/N-ethyl adjacent to an activating group) is 2. The molecule has 2 N–H and O–H groups in total. The zero-order valence-corrected chi connectivity index (χ0v) is 14.7. The van der Waals surface area contributed by atoms with Crippen molar-refractivity contribution in [1.82, 2.24) is 14.9 Å². The monoisotopic (exact) mass is 393 g/mol. The van der Waals surface area contributed by atoms with Crippen LogP contribution in [0.3, 0.4) is 0 Å². The predicted molar refractivity (Wildman–Crippen MR) is 84.2 cm³/mol. The number of benzene rings is 1. The Morgan fingerprint density at radius 3 is 2.31 bits per heavy atom. The highest BCUT2D eigenvalue weighted by Gasteiger charge is 2.24. The van der Waals surface area contributed by atoms with Gasteiger partial charge < -0.3 is 15.0 Å². The lowest BCUT2D eigenvalue weighted by Gasteiger charge is -2.16. The van der Waals surface area contributed by atoms with Gasteiger partial charge in [0.15, 0.2) is 11.5 Å². The van der Waals surface area contributed by atoms with Gasteiger partial charge in [-0.1, -0.05) is 6.07 Å². The third-order valence-electron chi connectivity index (χ3n) is 3.04. The van der Waals surface area contributed by atoms with E-state index in [0.29, 0.717) is 0 Å². The molecule has 0 radical (unpaired) electrons. The van der Waals surface area contributed by atoms with E-state index < -0.39 is 57.5 Å². The number of esters is 1. The van der Waals surface area contributed by atoms with Crippen molar-refractivity contribution in [2.24, 2.45) is 0 Å². The zero-order chi connectivity index (χ0) is 19.9. The van der Waals surface area contributed by atoms with Crippen molar-refractivity contribution in [3.8, 4) is 0 Å². The molecule has 0 bridgehead atoms. The molecule has 0 aliphatic rings. The minimum Gasteiger partial charge on any atom is -0.455 e. The van der Waals surface area contributed by atoms with Gasteiger partial charge >= 0.3 is 5.97 Å². The van der Waals surface area contributed by atoms with Crippen molar-refractivity contribution in [2.45, 2.75) is 4.90 Å². The first-order valence-corrected chi connectivity index (χ1v) is 8.60. The van der Waals surface area contributed by atoms with E-state index in [1.54, 1.807) is 4.72 Å². The summed E-state index contributed by atoms with van der Waals surface area (Å²) in [4.78, 5) is 34.0. The lowest BCUT2D eigenvalue weighted by atomic mass is 10.3. The predicted octanol–water partition coefficient (Wildman–Crippen LogP) is -1.01. The quantitative estimate of drug-likeness (QED) is 0.546. The second-order valence-corrected chi connectivity index (χ2v) is 6.66. The Morgan fingerprint density at radius 1 is 1.19 bits per heavy atom. The maximum atomic E-state index is 13.5. The van der Waals surface area contributed by atoms with Crippen LogP contribution in [0.2, 0.25) is 0 Å². The Bertz CT molecular complexity index is 780. The first-order chi connectivity index (χ1) is 12.1. The van der Waals surface area contributed by atoms with Crippen LogP contribution in [0.5, 0.6) is 0 Å². The van der Waals surface area contributed by atoms with Crippen molar-refractivity contribution in [2.75, 3.05) is 33.8 Å². The summed E-state index contributed by atoms with van der Waals surface area (Å²) in [5.41, 5.74) is 0. The summed E-state index contributed by atoms with van der Waals surface area (Å²) in [5, 5.41) is 2.30. The third kappa shape index (κ3) is 6.04. The van der Waals surface area contributed by atoms with Gasteiger partial charge in [0.05, 0.1) is 6.54 Å². The van der Waals surface area contributed by atoms with Gasteiger partial charge in [-0.3, -0.25) is 14.4 Å². The van der Waals surface area contributed by atoms with Crippen molar-refractivity contribution >= 4 is 27.8 Å². The van der Waals surface area contributed by atoms with Gasteiger partial charge in [-0.2, -0.15) is 4.72 Å². The van der Waals surface area contributed by atoms with Crippen LogP contribution in [-0.2, 0) is 29.1 Å². The summed E-state index contributed by atoms with van der Waals surface area (Å²) in [6.07, 6.45) is 0. The lowest BCUT2D eigenvalue weighted by Crippen LogP contribution is -2.39. The average Bonchev–Trinajstić information content (AvgIpc) is 2.57. The second-order valence-electron chi connectivity index (χ2n) is 4.96. The molecule has 0 aromatic heterocycles. The van der Waals surface area contributed by atoms with E-state index in [1.807, 2.05) is 0 Å². The molecule has 0 fully saturated rings. The van der Waals surface area contributed by atoms with Crippen LogP contribution in [0.1, 0.15) is 0 Å². The highest BCUT2D eigenvalue weighted by molar-refractivity contribution is 7.89. The molecule has 0 aliphatic carbocycles.